The van der Waals surface area contributed by atoms with Crippen LogP contribution in [-0.4, -0.2) is 76.2 Å². The van der Waals surface area contributed by atoms with Crippen LogP contribution in [0.5, 0.6) is 0 Å². The van der Waals surface area contributed by atoms with E-state index >= 15 is 0 Å². The van der Waals surface area contributed by atoms with Crippen LogP contribution in [0.25, 0.3) is 0 Å². The first-order valence-electron chi connectivity index (χ1n) is 10.1. The fourth-order valence-electron chi connectivity index (χ4n) is 4.04. The predicted molar refractivity (Wildman–Crippen MR) is 132 cm³/mol. The Morgan fingerprint density at radius 1 is 1.24 bits per heavy atom. The Balaban J connectivity index is 0.00000300. The van der Waals surface area contributed by atoms with E-state index in [2.05, 4.69) is 38.0 Å². The monoisotopic (exact) mass is 555 g/mol. The Morgan fingerprint density at radius 3 is 2.48 bits per heavy atom. The quantitative estimate of drug-likeness (QED) is 0.307. The molecule has 2 N–H and O–H groups in total. The number of nitrogens with zero attached hydrogens (tertiary/aromatic N) is 3. The molecule has 7 nitrogen and oxygen atoms in total. The summed E-state index contributed by atoms with van der Waals surface area (Å²) in [4.78, 5) is 8.34. The molecule has 166 valence electrons. The number of thiophene rings is 1. The van der Waals surface area contributed by atoms with E-state index in [4.69, 9.17) is 0 Å². The van der Waals surface area contributed by atoms with Crippen molar-refractivity contribution in [2.24, 2.45) is 10.9 Å². The lowest BCUT2D eigenvalue weighted by Crippen LogP contribution is -2.45. The lowest BCUT2D eigenvalue weighted by molar-refractivity contribution is 0.248. The van der Waals surface area contributed by atoms with Crippen LogP contribution in [0.15, 0.2) is 22.5 Å². The van der Waals surface area contributed by atoms with Gasteiger partial charge in [-0.05, 0) is 56.1 Å². The number of rotatable bonds is 7. The number of guanidine groups is 1. The van der Waals surface area contributed by atoms with Gasteiger partial charge in [0, 0.05) is 38.1 Å². The van der Waals surface area contributed by atoms with E-state index in [0.29, 0.717) is 25.0 Å². The van der Waals surface area contributed by atoms with Gasteiger partial charge in [-0.2, -0.15) is 0 Å². The van der Waals surface area contributed by atoms with Crippen molar-refractivity contribution in [3.05, 3.63) is 22.4 Å². The zero-order valence-corrected chi connectivity index (χ0v) is 21.3. The third kappa shape index (κ3) is 7.34. The molecule has 10 heteroatoms. The molecule has 1 atom stereocenters. The predicted octanol–water partition coefficient (Wildman–Crippen LogP) is 2.34. The van der Waals surface area contributed by atoms with Gasteiger partial charge in [0.25, 0.3) is 0 Å². The highest BCUT2D eigenvalue weighted by Gasteiger charge is 2.26. The van der Waals surface area contributed by atoms with Crippen LogP contribution in [0.4, 0.5) is 0 Å². The van der Waals surface area contributed by atoms with E-state index in [-0.39, 0.29) is 24.0 Å². The molecule has 0 aliphatic carbocycles. The van der Waals surface area contributed by atoms with Crippen molar-refractivity contribution in [2.45, 2.75) is 31.7 Å². The molecule has 0 bridgehead atoms. The molecule has 2 aliphatic rings. The molecule has 1 aromatic rings. The average molecular weight is 556 g/mol. The normalized spacial score (nSPS) is 21.0. The Kier molecular flexibility index (Phi) is 10.1. The molecular weight excluding hydrogens is 521 g/mol. The van der Waals surface area contributed by atoms with E-state index in [1.165, 1.54) is 24.0 Å². The van der Waals surface area contributed by atoms with Crippen LogP contribution in [-0.2, 0) is 10.0 Å². The fourth-order valence-corrected chi connectivity index (χ4v) is 5.78. The summed E-state index contributed by atoms with van der Waals surface area (Å²) in [5.41, 5.74) is 0. The second-order valence-corrected chi connectivity index (χ2v) is 10.7. The lowest BCUT2D eigenvalue weighted by Gasteiger charge is -2.31. The van der Waals surface area contributed by atoms with Crippen LogP contribution >= 0.6 is 35.3 Å². The van der Waals surface area contributed by atoms with Gasteiger partial charge in [-0.3, -0.25) is 9.89 Å². The first kappa shape index (κ1) is 24.8. The van der Waals surface area contributed by atoms with Gasteiger partial charge in [-0.15, -0.1) is 35.3 Å². The summed E-state index contributed by atoms with van der Waals surface area (Å²) in [5, 5.41) is 9.09. The van der Waals surface area contributed by atoms with Crippen molar-refractivity contribution in [2.75, 3.05) is 52.6 Å². The Hall–Kier alpha value is -0.430. The molecule has 2 aliphatic heterocycles. The first-order valence-corrected chi connectivity index (χ1v) is 12.9. The number of sulfonamides is 1. The summed E-state index contributed by atoms with van der Waals surface area (Å²) in [6.07, 6.45) is 5.63. The van der Waals surface area contributed by atoms with E-state index in [0.717, 1.165) is 45.0 Å². The zero-order valence-electron chi connectivity index (χ0n) is 17.3. The largest absolute Gasteiger partial charge is 0.356 e. The second kappa shape index (κ2) is 11.8. The number of piperidine rings is 1. The van der Waals surface area contributed by atoms with Crippen LogP contribution in [0, 0.1) is 5.92 Å². The van der Waals surface area contributed by atoms with E-state index < -0.39 is 10.0 Å². The van der Waals surface area contributed by atoms with Crippen LogP contribution in [0.3, 0.4) is 0 Å². The number of likely N-dealkylation sites (tertiary alicyclic amines) is 1. The molecule has 0 radical (unpaired) electrons. The maximum atomic E-state index is 11.6. The molecule has 1 unspecified atom stereocenters. The first-order chi connectivity index (χ1) is 13.5. The standard InChI is InChI=1S/C19H33N5O2S2.HI/c1-20-19(21-14-16-7-11-24(12-8-16)28(2,25)26)22-15-17(18-6-5-13-27-18)23-9-3-4-10-23;/h5-6,13,16-17H,3-4,7-12,14-15H2,1-2H3,(H2,20,21,22);1H. The summed E-state index contributed by atoms with van der Waals surface area (Å²) in [6.45, 7) is 5.22. The highest BCUT2D eigenvalue weighted by Crippen LogP contribution is 2.27. The topological polar surface area (TPSA) is 77.0 Å². The van der Waals surface area contributed by atoms with Gasteiger partial charge in [0.05, 0.1) is 12.3 Å². The van der Waals surface area contributed by atoms with Gasteiger partial charge in [0.1, 0.15) is 0 Å². The minimum Gasteiger partial charge on any atom is -0.356 e. The molecule has 0 amide bonds. The molecule has 1 aromatic heterocycles. The third-order valence-corrected chi connectivity index (χ3v) is 8.02. The highest BCUT2D eigenvalue weighted by molar-refractivity contribution is 14.0. The number of hydrogen-bond acceptors (Lipinski definition) is 5. The van der Waals surface area contributed by atoms with E-state index in [1.54, 1.807) is 11.4 Å². The third-order valence-electron chi connectivity index (χ3n) is 5.74. The molecule has 0 aromatic carbocycles. The minimum absolute atomic E-state index is 0. The number of halogens is 1. The number of hydrogen-bond donors (Lipinski definition) is 2. The summed E-state index contributed by atoms with van der Waals surface area (Å²) in [7, 11) is -1.26. The second-order valence-electron chi connectivity index (χ2n) is 7.71. The Bertz CT molecular complexity index is 728. The van der Waals surface area contributed by atoms with E-state index in [9.17, 15) is 8.42 Å². The Labute approximate surface area is 196 Å². The molecule has 0 spiro atoms. The van der Waals surface area contributed by atoms with Crippen LogP contribution < -0.4 is 10.6 Å². The Morgan fingerprint density at radius 2 is 1.93 bits per heavy atom. The van der Waals surface area contributed by atoms with Crippen molar-refractivity contribution in [3.8, 4) is 0 Å². The van der Waals surface area contributed by atoms with Crippen molar-refractivity contribution in [1.29, 1.82) is 0 Å². The summed E-state index contributed by atoms with van der Waals surface area (Å²) in [6, 6.07) is 4.74. The van der Waals surface area contributed by atoms with Gasteiger partial charge in [0.2, 0.25) is 10.0 Å². The van der Waals surface area contributed by atoms with Gasteiger partial charge in [-0.1, -0.05) is 6.07 Å². The van der Waals surface area contributed by atoms with Gasteiger partial charge >= 0.3 is 0 Å². The summed E-state index contributed by atoms with van der Waals surface area (Å²) < 4.78 is 24.9. The van der Waals surface area contributed by atoms with Crippen LogP contribution in [0.1, 0.15) is 36.6 Å². The van der Waals surface area contributed by atoms with Crippen molar-refractivity contribution in [1.82, 2.24) is 19.8 Å². The molecule has 3 rings (SSSR count). The molecule has 29 heavy (non-hydrogen) atoms. The maximum absolute atomic E-state index is 11.6. The SMILES string of the molecule is CN=C(NCC1CCN(S(C)(=O)=O)CC1)NCC(c1cccs1)N1CCCC1.I. The van der Waals surface area contributed by atoms with E-state index in [1.807, 2.05) is 11.3 Å². The van der Waals surface area contributed by atoms with Crippen LogP contribution in [0.2, 0.25) is 0 Å². The summed E-state index contributed by atoms with van der Waals surface area (Å²) in [5.74, 6) is 1.30. The lowest BCUT2D eigenvalue weighted by atomic mass is 9.98. The molecule has 3 heterocycles. The van der Waals surface area contributed by atoms with Gasteiger partial charge in [0.15, 0.2) is 5.96 Å². The fraction of sp³-hybridized carbons (Fsp3) is 0.737. The van der Waals surface area contributed by atoms with Crippen molar-refractivity contribution >= 4 is 51.3 Å². The average Bonchev–Trinajstić information content (AvgIpc) is 3.38. The minimum atomic E-state index is -3.06. The smallest absolute Gasteiger partial charge is 0.211 e. The maximum Gasteiger partial charge on any atom is 0.211 e. The molecule has 2 saturated heterocycles. The number of aliphatic imine (C=N–C) groups is 1. The molecule has 2 fully saturated rings. The van der Waals surface area contributed by atoms with Crippen molar-refractivity contribution in [3.63, 3.8) is 0 Å². The van der Waals surface area contributed by atoms with Gasteiger partial charge < -0.3 is 10.6 Å². The number of nitrogens with one attached hydrogen (secondary N) is 2. The molecule has 0 saturated carbocycles. The van der Waals surface area contributed by atoms with Crippen molar-refractivity contribution < 1.29 is 8.42 Å². The zero-order chi connectivity index (χ0) is 20.0. The summed E-state index contributed by atoms with van der Waals surface area (Å²) >= 11 is 1.82. The molecular formula is C19H34IN5O2S2. The van der Waals surface area contributed by atoms with Gasteiger partial charge in [-0.25, -0.2) is 12.7 Å². The highest BCUT2D eigenvalue weighted by atomic mass is 127.